The highest BCUT2D eigenvalue weighted by Crippen LogP contribution is 2.17. The van der Waals surface area contributed by atoms with Crippen molar-refractivity contribution in [1.82, 2.24) is 9.88 Å². The molecule has 0 aliphatic heterocycles. The summed E-state index contributed by atoms with van der Waals surface area (Å²) in [5.41, 5.74) is 1.96. The first-order valence-electron chi connectivity index (χ1n) is 6.52. The van der Waals surface area contributed by atoms with E-state index in [-0.39, 0.29) is 5.78 Å². The molecule has 0 amide bonds. The van der Waals surface area contributed by atoms with Gasteiger partial charge in [0.15, 0.2) is 5.78 Å². The van der Waals surface area contributed by atoms with Crippen LogP contribution in [0.15, 0.2) is 53.3 Å². The number of pyridine rings is 1. The van der Waals surface area contributed by atoms with Crippen molar-refractivity contribution in [3.63, 3.8) is 0 Å². The van der Waals surface area contributed by atoms with Crippen LogP contribution < -0.4 is 0 Å². The largest absolute Gasteiger partial charge is 0.302 e. The third-order valence-electron chi connectivity index (χ3n) is 3.10. The Bertz CT molecular complexity index is 572. The van der Waals surface area contributed by atoms with Gasteiger partial charge in [0.25, 0.3) is 0 Å². The molecule has 0 fully saturated rings. The smallest absolute Gasteiger partial charge is 0.165 e. The Morgan fingerprint density at radius 2 is 1.90 bits per heavy atom. The van der Waals surface area contributed by atoms with Gasteiger partial charge in [0, 0.05) is 41.9 Å². The van der Waals surface area contributed by atoms with E-state index in [4.69, 9.17) is 0 Å². The van der Waals surface area contributed by atoms with E-state index in [1.54, 1.807) is 12.4 Å². The Balaban J connectivity index is 1.86. The molecule has 4 heteroatoms. The number of benzene rings is 1. The number of carbonyl (C=O) groups excluding carboxylic acids is 1. The maximum atomic E-state index is 12.2. The molecule has 20 heavy (non-hydrogen) atoms. The molecule has 3 nitrogen and oxygen atoms in total. The number of nitrogens with zero attached hydrogens (tertiary/aromatic N) is 2. The van der Waals surface area contributed by atoms with E-state index in [9.17, 15) is 4.79 Å². The van der Waals surface area contributed by atoms with E-state index < -0.39 is 0 Å². The number of rotatable bonds is 6. The van der Waals surface area contributed by atoms with Crippen LogP contribution >= 0.6 is 15.9 Å². The molecule has 1 aromatic carbocycles. The van der Waals surface area contributed by atoms with E-state index >= 15 is 0 Å². The lowest BCUT2D eigenvalue weighted by molar-refractivity contribution is 0.0967. The van der Waals surface area contributed by atoms with Crippen molar-refractivity contribution in [3.05, 3.63) is 64.4 Å². The molecule has 0 N–H and O–H groups in total. The lowest BCUT2D eigenvalue weighted by atomic mass is 10.1. The first kappa shape index (κ1) is 14.9. The molecule has 2 rings (SSSR count). The molecule has 1 heterocycles. The summed E-state index contributed by atoms with van der Waals surface area (Å²) in [6, 6.07) is 11.5. The molecular weight excluding hydrogens is 316 g/mol. The summed E-state index contributed by atoms with van der Waals surface area (Å²) in [5.74, 6) is 0.166. The molecule has 0 aliphatic carbocycles. The van der Waals surface area contributed by atoms with Gasteiger partial charge >= 0.3 is 0 Å². The molecule has 0 atom stereocenters. The lowest BCUT2D eigenvalue weighted by Gasteiger charge is -2.16. The van der Waals surface area contributed by atoms with Crippen LogP contribution in [0.5, 0.6) is 0 Å². The van der Waals surface area contributed by atoms with Gasteiger partial charge in [-0.1, -0.05) is 34.1 Å². The third-order valence-corrected chi connectivity index (χ3v) is 3.79. The molecule has 0 radical (unpaired) electrons. The fraction of sp³-hybridized carbons (Fsp3) is 0.250. The summed E-state index contributed by atoms with van der Waals surface area (Å²) < 4.78 is 0.863. The summed E-state index contributed by atoms with van der Waals surface area (Å²) in [6.45, 7) is 1.56. The second kappa shape index (κ2) is 7.31. The summed E-state index contributed by atoms with van der Waals surface area (Å²) in [6.07, 6.45) is 4.09. The fourth-order valence-corrected chi connectivity index (χ4v) is 2.50. The van der Waals surface area contributed by atoms with E-state index in [1.807, 2.05) is 43.4 Å². The van der Waals surface area contributed by atoms with Gasteiger partial charge in [-0.2, -0.15) is 0 Å². The maximum Gasteiger partial charge on any atom is 0.165 e. The van der Waals surface area contributed by atoms with Crippen molar-refractivity contribution in [2.75, 3.05) is 13.6 Å². The van der Waals surface area contributed by atoms with Crippen LogP contribution in [0.1, 0.15) is 22.3 Å². The topological polar surface area (TPSA) is 33.2 Å². The minimum atomic E-state index is 0.166. The highest BCUT2D eigenvalue weighted by Gasteiger charge is 2.10. The Morgan fingerprint density at radius 3 is 2.60 bits per heavy atom. The van der Waals surface area contributed by atoms with Crippen LogP contribution in [0.3, 0.4) is 0 Å². The molecule has 0 saturated heterocycles. The van der Waals surface area contributed by atoms with Gasteiger partial charge in [0.1, 0.15) is 0 Å². The SMILES string of the molecule is CN(CCC(=O)c1ccccc1Br)Cc1ccncc1. The molecular formula is C16H17BrN2O. The van der Waals surface area contributed by atoms with Crippen LogP contribution in [-0.4, -0.2) is 29.3 Å². The predicted molar refractivity (Wildman–Crippen MR) is 83.7 cm³/mol. The van der Waals surface area contributed by atoms with Crippen molar-refractivity contribution in [3.8, 4) is 0 Å². The normalized spacial score (nSPS) is 10.8. The van der Waals surface area contributed by atoms with E-state index in [1.165, 1.54) is 5.56 Å². The minimum Gasteiger partial charge on any atom is -0.302 e. The highest BCUT2D eigenvalue weighted by molar-refractivity contribution is 9.10. The standard InChI is InChI=1S/C16H17BrN2O/c1-19(12-13-6-9-18-10-7-13)11-8-16(20)14-4-2-3-5-15(14)17/h2-7,9-10H,8,11-12H2,1H3. The summed E-state index contributed by atoms with van der Waals surface area (Å²) in [4.78, 5) is 18.3. The Kier molecular flexibility index (Phi) is 5.44. The summed E-state index contributed by atoms with van der Waals surface area (Å²) in [5, 5.41) is 0. The molecule has 0 aliphatic rings. The molecule has 0 spiro atoms. The third kappa shape index (κ3) is 4.25. The lowest BCUT2D eigenvalue weighted by Crippen LogP contribution is -2.21. The van der Waals surface area contributed by atoms with Gasteiger partial charge in [-0.25, -0.2) is 0 Å². The first-order chi connectivity index (χ1) is 9.66. The first-order valence-corrected chi connectivity index (χ1v) is 7.31. The highest BCUT2D eigenvalue weighted by atomic mass is 79.9. The average Bonchev–Trinajstić information content (AvgIpc) is 2.46. The minimum absolute atomic E-state index is 0.166. The van der Waals surface area contributed by atoms with Crippen LogP contribution in [0.25, 0.3) is 0 Å². The van der Waals surface area contributed by atoms with Crippen LogP contribution in [0.4, 0.5) is 0 Å². The summed E-state index contributed by atoms with van der Waals surface area (Å²) >= 11 is 3.42. The Morgan fingerprint density at radius 1 is 1.20 bits per heavy atom. The number of ketones is 1. The number of carbonyl (C=O) groups is 1. The molecule has 0 unspecified atom stereocenters. The van der Waals surface area contributed by atoms with Gasteiger partial charge in [0.05, 0.1) is 0 Å². The number of hydrogen-bond donors (Lipinski definition) is 0. The number of aromatic nitrogens is 1. The van der Waals surface area contributed by atoms with Gasteiger partial charge in [-0.05, 0) is 30.8 Å². The molecule has 104 valence electrons. The van der Waals surface area contributed by atoms with Crippen LogP contribution in [-0.2, 0) is 6.54 Å². The van der Waals surface area contributed by atoms with Crippen LogP contribution in [0.2, 0.25) is 0 Å². The van der Waals surface area contributed by atoms with Crippen molar-refractivity contribution in [2.24, 2.45) is 0 Å². The van der Waals surface area contributed by atoms with Crippen LogP contribution in [0, 0.1) is 0 Å². The zero-order valence-electron chi connectivity index (χ0n) is 11.4. The molecule has 2 aromatic rings. The average molecular weight is 333 g/mol. The number of Topliss-reactive ketones (excluding diaryl/α,β-unsaturated/α-hetero) is 1. The van der Waals surface area contributed by atoms with Crippen molar-refractivity contribution in [2.45, 2.75) is 13.0 Å². The van der Waals surface area contributed by atoms with E-state index in [0.717, 1.165) is 23.1 Å². The van der Waals surface area contributed by atoms with Gasteiger partial charge in [0.2, 0.25) is 0 Å². The maximum absolute atomic E-state index is 12.2. The van der Waals surface area contributed by atoms with Gasteiger partial charge in [-0.3, -0.25) is 9.78 Å². The van der Waals surface area contributed by atoms with Crippen molar-refractivity contribution in [1.29, 1.82) is 0 Å². The molecule has 0 saturated carbocycles. The zero-order valence-corrected chi connectivity index (χ0v) is 13.0. The Hall–Kier alpha value is -1.52. The van der Waals surface area contributed by atoms with Gasteiger partial charge in [-0.15, -0.1) is 0 Å². The fourth-order valence-electron chi connectivity index (χ4n) is 1.99. The van der Waals surface area contributed by atoms with Crippen molar-refractivity contribution < 1.29 is 4.79 Å². The monoisotopic (exact) mass is 332 g/mol. The second-order valence-electron chi connectivity index (χ2n) is 4.75. The quantitative estimate of drug-likeness (QED) is 0.758. The number of hydrogen-bond acceptors (Lipinski definition) is 3. The predicted octanol–water partition coefficient (Wildman–Crippen LogP) is 3.55. The zero-order chi connectivity index (χ0) is 14.4. The molecule has 0 bridgehead atoms. The van der Waals surface area contributed by atoms with Gasteiger partial charge < -0.3 is 4.90 Å². The van der Waals surface area contributed by atoms with E-state index in [2.05, 4.69) is 25.8 Å². The van der Waals surface area contributed by atoms with Crippen molar-refractivity contribution >= 4 is 21.7 Å². The summed E-state index contributed by atoms with van der Waals surface area (Å²) in [7, 11) is 2.02. The second-order valence-corrected chi connectivity index (χ2v) is 5.60. The van der Waals surface area contributed by atoms with E-state index in [0.29, 0.717) is 6.42 Å². The number of halogens is 1. The molecule has 1 aromatic heterocycles. The Labute approximate surface area is 127 Å².